The van der Waals surface area contributed by atoms with Crippen molar-refractivity contribution in [3.63, 3.8) is 0 Å². The van der Waals surface area contributed by atoms with E-state index in [1.54, 1.807) is 12.1 Å². The number of aliphatic carboxylic acids is 1. The lowest BCUT2D eigenvalue weighted by Gasteiger charge is -2.16. The van der Waals surface area contributed by atoms with Gasteiger partial charge in [-0.05, 0) is 30.5 Å². The second kappa shape index (κ2) is 5.99. The normalized spacial score (nSPS) is 12.6. The number of hydrogen-bond acceptors (Lipinski definition) is 2. The largest absolute Gasteiger partial charge is 0.480 e. The van der Waals surface area contributed by atoms with Crippen molar-refractivity contribution in [2.45, 2.75) is 26.3 Å². The SMILES string of the molecule is CC(C)CC(NC(=O)c1cccc2c1ccn2C)C(=O)O. The first-order valence-corrected chi connectivity index (χ1v) is 6.98. The van der Waals surface area contributed by atoms with Gasteiger partial charge in [0.15, 0.2) is 0 Å². The highest BCUT2D eigenvalue weighted by molar-refractivity contribution is 6.07. The summed E-state index contributed by atoms with van der Waals surface area (Å²) in [5.74, 6) is -1.16. The van der Waals surface area contributed by atoms with Crippen molar-refractivity contribution >= 4 is 22.8 Å². The number of amides is 1. The molecule has 2 N–H and O–H groups in total. The van der Waals surface area contributed by atoms with E-state index in [1.807, 2.05) is 43.8 Å². The van der Waals surface area contributed by atoms with Crippen molar-refractivity contribution in [3.05, 3.63) is 36.0 Å². The number of aromatic nitrogens is 1. The lowest BCUT2D eigenvalue weighted by molar-refractivity contribution is -0.139. The number of carbonyl (C=O) groups excluding carboxylic acids is 1. The average Bonchev–Trinajstić information content (AvgIpc) is 2.79. The smallest absolute Gasteiger partial charge is 0.326 e. The van der Waals surface area contributed by atoms with E-state index in [4.69, 9.17) is 0 Å². The summed E-state index contributed by atoms with van der Waals surface area (Å²) in [7, 11) is 1.91. The van der Waals surface area contributed by atoms with Crippen LogP contribution in [0.3, 0.4) is 0 Å². The summed E-state index contributed by atoms with van der Waals surface area (Å²) in [5, 5.41) is 12.7. The van der Waals surface area contributed by atoms with Crippen LogP contribution in [0.2, 0.25) is 0 Å². The average molecular weight is 288 g/mol. The summed E-state index contributed by atoms with van der Waals surface area (Å²) >= 11 is 0. The molecule has 1 amide bonds. The molecule has 0 saturated heterocycles. The summed E-state index contributed by atoms with van der Waals surface area (Å²) < 4.78 is 1.93. The first-order valence-electron chi connectivity index (χ1n) is 6.98. The van der Waals surface area contributed by atoms with Crippen LogP contribution >= 0.6 is 0 Å². The van der Waals surface area contributed by atoms with Gasteiger partial charge in [-0.2, -0.15) is 0 Å². The molecular weight excluding hydrogens is 268 g/mol. The Kier molecular flexibility index (Phi) is 4.31. The summed E-state index contributed by atoms with van der Waals surface area (Å²) in [6.07, 6.45) is 2.29. The van der Waals surface area contributed by atoms with E-state index in [-0.39, 0.29) is 11.8 Å². The number of fused-ring (bicyclic) bond motifs is 1. The van der Waals surface area contributed by atoms with Crippen molar-refractivity contribution < 1.29 is 14.7 Å². The van der Waals surface area contributed by atoms with E-state index in [0.717, 1.165) is 10.9 Å². The van der Waals surface area contributed by atoms with E-state index >= 15 is 0 Å². The molecule has 0 fully saturated rings. The summed E-state index contributed by atoms with van der Waals surface area (Å²) in [6.45, 7) is 3.86. The predicted octanol–water partition coefficient (Wildman–Crippen LogP) is 2.41. The third-order valence-corrected chi connectivity index (χ3v) is 3.48. The van der Waals surface area contributed by atoms with Crippen LogP contribution in [0, 0.1) is 5.92 Å². The number of carboxylic acids is 1. The molecule has 112 valence electrons. The fraction of sp³-hybridized carbons (Fsp3) is 0.375. The third-order valence-electron chi connectivity index (χ3n) is 3.48. The molecule has 0 saturated carbocycles. The van der Waals surface area contributed by atoms with E-state index in [0.29, 0.717) is 12.0 Å². The third kappa shape index (κ3) is 3.24. The van der Waals surface area contributed by atoms with Gasteiger partial charge >= 0.3 is 5.97 Å². The van der Waals surface area contributed by atoms with Gasteiger partial charge in [-0.25, -0.2) is 4.79 Å². The molecule has 1 heterocycles. The zero-order valence-corrected chi connectivity index (χ0v) is 12.5. The molecule has 1 atom stereocenters. The molecule has 1 aromatic heterocycles. The van der Waals surface area contributed by atoms with Crippen LogP contribution in [0.4, 0.5) is 0 Å². The minimum Gasteiger partial charge on any atom is -0.480 e. The van der Waals surface area contributed by atoms with Crippen molar-refractivity contribution in [1.29, 1.82) is 0 Å². The molecule has 1 unspecified atom stereocenters. The van der Waals surface area contributed by atoms with Gasteiger partial charge in [0, 0.05) is 29.7 Å². The van der Waals surface area contributed by atoms with Gasteiger partial charge in [0.05, 0.1) is 0 Å². The molecule has 21 heavy (non-hydrogen) atoms. The van der Waals surface area contributed by atoms with Crippen molar-refractivity contribution in [3.8, 4) is 0 Å². The lowest BCUT2D eigenvalue weighted by Crippen LogP contribution is -2.41. The van der Waals surface area contributed by atoms with Crippen LogP contribution in [0.15, 0.2) is 30.5 Å². The van der Waals surface area contributed by atoms with E-state index in [2.05, 4.69) is 5.32 Å². The van der Waals surface area contributed by atoms with Gasteiger partial charge in [0.2, 0.25) is 0 Å². The number of nitrogens with zero attached hydrogens (tertiary/aromatic N) is 1. The molecular formula is C16H20N2O3. The molecule has 1 aromatic carbocycles. The van der Waals surface area contributed by atoms with E-state index < -0.39 is 12.0 Å². The predicted molar refractivity (Wildman–Crippen MR) is 81.3 cm³/mol. The lowest BCUT2D eigenvalue weighted by atomic mass is 10.0. The molecule has 0 aliphatic carbocycles. The first-order chi connectivity index (χ1) is 9.90. The molecule has 0 bridgehead atoms. The Morgan fingerprint density at radius 1 is 1.29 bits per heavy atom. The fourth-order valence-corrected chi connectivity index (χ4v) is 2.43. The number of carbonyl (C=O) groups is 2. The van der Waals surface area contributed by atoms with Gasteiger partial charge < -0.3 is 15.0 Å². The molecule has 0 aliphatic heterocycles. The van der Waals surface area contributed by atoms with Gasteiger partial charge in [0.1, 0.15) is 6.04 Å². The highest BCUT2D eigenvalue weighted by Crippen LogP contribution is 2.19. The van der Waals surface area contributed by atoms with Crippen LogP contribution in [-0.4, -0.2) is 27.6 Å². The number of carboxylic acid groups (broad SMARTS) is 1. The Hall–Kier alpha value is -2.30. The first kappa shape index (κ1) is 15.1. The summed E-state index contributed by atoms with van der Waals surface area (Å²) in [5.41, 5.74) is 1.45. The summed E-state index contributed by atoms with van der Waals surface area (Å²) in [4.78, 5) is 23.6. The number of rotatable bonds is 5. The van der Waals surface area contributed by atoms with Gasteiger partial charge in [-0.15, -0.1) is 0 Å². The minimum absolute atomic E-state index is 0.193. The zero-order valence-electron chi connectivity index (χ0n) is 12.5. The quantitative estimate of drug-likeness (QED) is 0.887. The Bertz CT molecular complexity index is 673. The number of hydrogen-bond donors (Lipinski definition) is 2. The maximum atomic E-state index is 12.4. The van der Waals surface area contributed by atoms with E-state index in [9.17, 15) is 14.7 Å². The Labute approximate surface area is 123 Å². The van der Waals surface area contributed by atoms with Crippen molar-refractivity contribution in [2.24, 2.45) is 13.0 Å². The molecule has 5 heteroatoms. The Balaban J connectivity index is 2.27. The standard InChI is InChI=1S/C16H20N2O3/c1-10(2)9-13(16(20)21)17-15(19)12-5-4-6-14-11(12)7-8-18(14)3/h4-8,10,13H,9H2,1-3H3,(H,17,19)(H,20,21). The number of nitrogens with one attached hydrogen (secondary N) is 1. The van der Waals surface area contributed by atoms with Gasteiger partial charge in [-0.1, -0.05) is 19.9 Å². The monoisotopic (exact) mass is 288 g/mol. The topological polar surface area (TPSA) is 71.3 Å². The molecule has 5 nitrogen and oxygen atoms in total. The van der Waals surface area contributed by atoms with Gasteiger partial charge in [0.25, 0.3) is 5.91 Å². The fourth-order valence-electron chi connectivity index (χ4n) is 2.43. The minimum atomic E-state index is -1.00. The van der Waals surface area contributed by atoms with Crippen molar-refractivity contribution in [1.82, 2.24) is 9.88 Å². The molecule has 0 aliphatic rings. The van der Waals surface area contributed by atoms with Crippen LogP contribution in [0.1, 0.15) is 30.6 Å². The molecule has 2 aromatic rings. The van der Waals surface area contributed by atoms with Crippen LogP contribution in [0.25, 0.3) is 10.9 Å². The Morgan fingerprint density at radius 2 is 2.00 bits per heavy atom. The molecule has 0 radical (unpaired) electrons. The van der Waals surface area contributed by atoms with Crippen LogP contribution in [-0.2, 0) is 11.8 Å². The zero-order chi connectivity index (χ0) is 15.6. The number of aryl methyl sites for hydroxylation is 1. The highest BCUT2D eigenvalue weighted by Gasteiger charge is 2.22. The maximum absolute atomic E-state index is 12.4. The second-order valence-electron chi connectivity index (χ2n) is 5.66. The van der Waals surface area contributed by atoms with Crippen molar-refractivity contribution in [2.75, 3.05) is 0 Å². The maximum Gasteiger partial charge on any atom is 0.326 e. The van der Waals surface area contributed by atoms with E-state index in [1.165, 1.54) is 0 Å². The highest BCUT2D eigenvalue weighted by atomic mass is 16.4. The van der Waals surface area contributed by atoms with Crippen LogP contribution in [0.5, 0.6) is 0 Å². The van der Waals surface area contributed by atoms with Crippen LogP contribution < -0.4 is 5.32 Å². The Morgan fingerprint density at radius 3 is 2.62 bits per heavy atom. The summed E-state index contributed by atoms with van der Waals surface area (Å²) in [6, 6.07) is 6.44. The second-order valence-corrected chi connectivity index (χ2v) is 5.66. The van der Waals surface area contributed by atoms with Gasteiger partial charge in [-0.3, -0.25) is 4.79 Å². The molecule has 0 spiro atoms. The molecule has 2 rings (SSSR count). The number of benzene rings is 1.